The summed E-state index contributed by atoms with van der Waals surface area (Å²) in [6, 6.07) is 3.35. The predicted molar refractivity (Wildman–Crippen MR) is 74.8 cm³/mol. The number of likely N-dealkylation sites (tertiary alicyclic amines) is 1. The maximum absolute atomic E-state index is 13.3. The molecule has 0 bridgehead atoms. The summed E-state index contributed by atoms with van der Waals surface area (Å²) in [6.45, 7) is 0.474. The first kappa shape index (κ1) is 15.0. The van der Waals surface area contributed by atoms with Crippen molar-refractivity contribution in [1.82, 2.24) is 4.90 Å². The number of ether oxygens (including phenoxy) is 1. The van der Waals surface area contributed by atoms with Gasteiger partial charge in [-0.15, -0.1) is 0 Å². The topological polar surface area (TPSA) is 46.6 Å². The van der Waals surface area contributed by atoms with Gasteiger partial charge in [-0.3, -0.25) is 4.79 Å². The fourth-order valence-corrected chi connectivity index (χ4v) is 2.79. The number of piperidine rings is 1. The van der Waals surface area contributed by atoms with E-state index in [9.17, 15) is 14.0 Å². The van der Waals surface area contributed by atoms with Crippen LogP contribution in [-0.2, 0) is 9.53 Å². The number of carbonyl (C=O) groups excluding carboxylic acids is 2. The zero-order valence-electron chi connectivity index (χ0n) is 11.1. The molecule has 6 heteroatoms. The third-order valence-electron chi connectivity index (χ3n) is 3.40. The van der Waals surface area contributed by atoms with Crippen LogP contribution in [0.2, 0.25) is 0 Å². The summed E-state index contributed by atoms with van der Waals surface area (Å²) in [5.41, 5.74) is 0.223. The van der Waals surface area contributed by atoms with Gasteiger partial charge in [-0.1, -0.05) is 0 Å². The van der Waals surface area contributed by atoms with E-state index in [4.69, 9.17) is 4.74 Å². The number of rotatable bonds is 2. The monoisotopic (exact) mass is 343 g/mol. The van der Waals surface area contributed by atoms with E-state index in [-0.39, 0.29) is 11.5 Å². The lowest BCUT2D eigenvalue weighted by Crippen LogP contribution is -2.48. The van der Waals surface area contributed by atoms with Gasteiger partial charge in [0.1, 0.15) is 11.9 Å². The summed E-state index contributed by atoms with van der Waals surface area (Å²) in [5.74, 6) is -1.26. The molecule has 1 aliphatic heterocycles. The van der Waals surface area contributed by atoms with Crippen LogP contribution in [0, 0.1) is 5.82 Å². The molecule has 0 aliphatic carbocycles. The molecular formula is C14H15BrFNO3. The molecule has 4 nitrogen and oxygen atoms in total. The normalized spacial score (nSPS) is 18.8. The number of methoxy groups -OCH3 is 1. The first-order chi connectivity index (χ1) is 9.54. The average molecular weight is 344 g/mol. The highest BCUT2D eigenvalue weighted by molar-refractivity contribution is 9.10. The second-order valence-electron chi connectivity index (χ2n) is 4.66. The first-order valence-corrected chi connectivity index (χ1v) is 7.17. The lowest BCUT2D eigenvalue weighted by molar-refractivity contribution is -0.147. The Labute approximate surface area is 125 Å². The summed E-state index contributed by atoms with van der Waals surface area (Å²) in [7, 11) is 1.30. The van der Waals surface area contributed by atoms with Crippen molar-refractivity contribution in [2.24, 2.45) is 0 Å². The Kier molecular flexibility index (Phi) is 4.75. The molecule has 0 aromatic heterocycles. The van der Waals surface area contributed by atoms with Gasteiger partial charge in [-0.2, -0.15) is 0 Å². The highest BCUT2D eigenvalue weighted by atomic mass is 79.9. The maximum atomic E-state index is 13.3. The van der Waals surface area contributed by atoms with Crippen molar-refractivity contribution in [2.45, 2.75) is 25.3 Å². The summed E-state index contributed by atoms with van der Waals surface area (Å²) in [5, 5.41) is 0. The fraction of sp³-hybridized carbons (Fsp3) is 0.429. The first-order valence-electron chi connectivity index (χ1n) is 6.38. The van der Waals surface area contributed by atoms with Crippen LogP contribution in [0.15, 0.2) is 22.7 Å². The van der Waals surface area contributed by atoms with E-state index in [0.717, 1.165) is 12.8 Å². The number of benzene rings is 1. The standard InChI is InChI=1S/C14H15BrFNO3/c1-20-14(19)12-4-2-3-7-17(12)13(18)10-8-9(16)5-6-11(10)15/h5-6,8,12H,2-4,7H2,1H3/t12-/m0/s1. The Hall–Kier alpha value is -1.43. The zero-order valence-corrected chi connectivity index (χ0v) is 12.7. The molecule has 0 unspecified atom stereocenters. The van der Waals surface area contributed by atoms with Crippen LogP contribution >= 0.6 is 15.9 Å². The van der Waals surface area contributed by atoms with Crippen LogP contribution in [0.3, 0.4) is 0 Å². The second-order valence-corrected chi connectivity index (χ2v) is 5.51. The molecule has 1 fully saturated rings. The molecule has 1 aliphatic rings. The third kappa shape index (κ3) is 3.00. The average Bonchev–Trinajstić information content (AvgIpc) is 2.48. The van der Waals surface area contributed by atoms with E-state index in [1.807, 2.05) is 0 Å². The van der Waals surface area contributed by atoms with Crippen LogP contribution in [-0.4, -0.2) is 36.5 Å². The summed E-state index contributed by atoms with van der Waals surface area (Å²) in [4.78, 5) is 25.8. The van der Waals surface area contributed by atoms with Gasteiger partial charge >= 0.3 is 5.97 Å². The summed E-state index contributed by atoms with van der Waals surface area (Å²) >= 11 is 3.24. The Balaban J connectivity index is 2.30. The van der Waals surface area contributed by atoms with Crippen molar-refractivity contribution in [2.75, 3.05) is 13.7 Å². The highest BCUT2D eigenvalue weighted by Gasteiger charge is 2.34. The molecule has 1 heterocycles. The van der Waals surface area contributed by atoms with Gasteiger partial charge in [0.05, 0.1) is 12.7 Å². The SMILES string of the molecule is COC(=O)[C@@H]1CCCCN1C(=O)c1cc(F)ccc1Br. The van der Waals surface area contributed by atoms with Crippen LogP contribution in [0.1, 0.15) is 29.6 Å². The molecule has 0 spiro atoms. The Morgan fingerprint density at radius 3 is 2.85 bits per heavy atom. The molecule has 1 aromatic carbocycles. The zero-order chi connectivity index (χ0) is 14.7. The number of nitrogens with zero attached hydrogens (tertiary/aromatic N) is 1. The lowest BCUT2D eigenvalue weighted by Gasteiger charge is -2.34. The van der Waals surface area contributed by atoms with Crippen LogP contribution in [0.5, 0.6) is 0 Å². The van der Waals surface area contributed by atoms with Crippen molar-refractivity contribution >= 4 is 27.8 Å². The second kappa shape index (κ2) is 6.35. The van der Waals surface area contributed by atoms with Crippen LogP contribution in [0.25, 0.3) is 0 Å². The Morgan fingerprint density at radius 1 is 1.40 bits per heavy atom. The molecule has 20 heavy (non-hydrogen) atoms. The van der Waals surface area contributed by atoms with Crippen LogP contribution in [0.4, 0.5) is 4.39 Å². The van der Waals surface area contributed by atoms with Crippen LogP contribution < -0.4 is 0 Å². The van der Waals surface area contributed by atoms with Gasteiger partial charge < -0.3 is 9.64 Å². The van der Waals surface area contributed by atoms with E-state index in [1.54, 1.807) is 0 Å². The van der Waals surface area contributed by atoms with Gasteiger partial charge in [0, 0.05) is 11.0 Å². The van der Waals surface area contributed by atoms with E-state index in [2.05, 4.69) is 15.9 Å². The van der Waals surface area contributed by atoms with Crippen molar-refractivity contribution in [3.05, 3.63) is 34.1 Å². The van der Waals surface area contributed by atoms with Gasteiger partial charge in [-0.25, -0.2) is 9.18 Å². The van der Waals surface area contributed by atoms with E-state index >= 15 is 0 Å². The molecule has 108 valence electrons. The van der Waals surface area contributed by atoms with Gasteiger partial charge in [-0.05, 0) is 53.4 Å². The van der Waals surface area contributed by atoms with E-state index in [1.165, 1.54) is 30.2 Å². The smallest absolute Gasteiger partial charge is 0.328 e. The lowest BCUT2D eigenvalue weighted by atomic mass is 10.0. The summed E-state index contributed by atoms with van der Waals surface area (Å²) in [6.07, 6.45) is 2.27. The number of carbonyl (C=O) groups is 2. The highest BCUT2D eigenvalue weighted by Crippen LogP contribution is 2.25. The largest absolute Gasteiger partial charge is 0.467 e. The predicted octanol–water partition coefficient (Wildman–Crippen LogP) is 2.76. The number of hydrogen-bond donors (Lipinski definition) is 0. The number of esters is 1. The molecule has 0 saturated carbocycles. The van der Waals surface area contributed by atoms with Crippen molar-refractivity contribution < 1.29 is 18.7 Å². The van der Waals surface area contributed by atoms with Gasteiger partial charge in [0.15, 0.2) is 0 Å². The minimum Gasteiger partial charge on any atom is -0.467 e. The molecule has 1 atom stereocenters. The van der Waals surface area contributed by atoms with Gasteiger partial charge in [0.2, 0.25) is 0 Å². The molecule has 2 rings (SSSR count). The minimum absolute atomic E-state index is 0.223. The van der Waals surface area contributed by atoms with Crippen molar-refractivity contribution in [3.63, 3.8) is 0 Å². The van der Waals surface area contributed by atoms with Crippen molar-refractivity contribution in [3.8, 4) is 0 Å². The van der Waals surface area contributed by atoms with E-state index < -0.39 is 17.8 Å². The Morgan fingerprint density at radius 2 is 2.15 bits per heavy atom. The third-order valence-corrected chi connectivity index (χ3v) is 4.09. The number of halogens is 2. The maximum Gasteiger partial charge on any atom is 0.328 e. The molecule has 0 radical (unpaired) electrons. The van der Waals surface area contributed by atoms with Gasteiger partial charge in [0.25, 0.3) is 5.91 Å². The molecule has 0 N–H and O–H groups in total. The minimum atomic E-state index is -0.587. The molecule has 1 aromatic rings. The molecule has 1 amide bonds. The summed E-state index contributed by atoms with van der Waals surface area (Å²) < 4.78 is 18.6. The fourth-order valence-electron chi connectivity index (χ4n) is 2.37. The Bertz CT molecular complexity index is 535. The number of hydrogen-bond acceptors (Lipinski definition) is 3. The molecular weight excluding hydrogens is 329 g/mol. The van der Waals surface area contributed by atoms with E-state index in [0.29, 0.717) is 17.4 Å². The molecule has 1 saturated heterocycles. The quantitative estimate of drug-likeness (QED) is 0.775. The van der Waals surface area contributed by atoms with Crippen molar-refractivity contribution in [1.29, 1.82) is 0 Å². The number of amides is 1.